The van der Waals surface area contributed by atoms with Gasteiger partial charge in [0, 0.05) is 4.88 Å². The third kappa shape index (κ3) is 2.94. The van der Waals surface area contributed by atoms with E-state index in [2.05, 4.69) is 28.2 Å². The van der Waals surface area contributed by atoms with E-state index in [1.54, 1.807) is 12.1 Å². The van der Waals surface area contributed by atoms with Crippen LogP contribution < -0.4 is 5.32 Å². The fourth-order valence-electron chi connectivity index (χ4n) is 1.47. The van der Waals surface area contributed by atoms with Gasteiger partial charge >= 0.3 is 0 Å². The molecule has 18 heavy (non-hydrogen) atoms. The molecular formula is C13H11BrClNOS. The van der Waals surface area contributed by atoms with Crippen LogP contribution in [0.1, 0.15) is 21.5 Å². The molecule has 0 unspecified atom stereocenters. The number of rotatable bonds is 3. The number of anilines is 1. The Kier molecular flexibility index (Phi) is 4.43. The van der Waals surface area contributed by atoms with E-state index in [1.807, 2.05) is 18.2 Å². The van der Waals surface area contributed by atoms with Crippen molar-refractivity contribution in [2.24, 2.45) is 0 Å². The number of hydrogen-bond acceptors (Lipinski definition) is 2. The van der Waals surface area contributed by atoms with Gasteiger partial charge in [-0.2, -0.15) is 0 Å². The number of thiophene rings is 1. The zero-order valence-corrected chi connectivity index (χ0v) is 12.8. The molecule has 1 heterocycles. The van der Waals surface area contributed by atoms with Crippen LogP contribution in [0.4, 0.5) is 5.69 Å². The number of aryl methyl sites for hydroxylation is 1. The second-order valence-electron chi connectivity index (χ2n) is 3.68. The van der Waals surface area contributed by atoms with Crippen molar-refractivity contribution in [3.8, 4) is 0 Å². The third-order valence-corrected chi connectivity index (χ3v) is 5.06. The van der Waals surface area contributed by atoms with E-state index in [-0.39, 0.29) is 5.91 Å². The Morgan fingerprint density at radius 1 is 1.39 bits per heavy atom. The number of benzene rings is 1. The molecule has 0 radical (unpaired) electrons. The molecular weight excluding hydrogens is 334 g/mol. The molecule has 0 saturated carbocycles. The minimum absolute atomic E-state index is 0.109. The van der Waals surface area contributed by atoms with Crippen molar-refractivity contribution in [1.29, 1.82) is 0 Å². The molecule has 1 N–H and O–H groups in total. The van der Waals surface area contributed by atoms with Crippen LogP contribution in [0.2, 0.25) is 5.02 Å². The smallest absolute Gasteiger partial charge is 0.265 e. The van der Waals surface area contributed by atoms with Crippen LogP contribution in [-0.2, 0) is 6.42 Å². The Hall–Kier alpha value is -0.840. The van der Waals surface area contributed by atoms with Gasteiger partial charge in [0.15, 0.2) is 0 Å². The zero-order chi connectivity index (χ0) is 13.1. The molecule has 1 aromatic carbocycles. The highest BCUT2D eigenvalue weighted by Crippen LogP contribution is 2.30. The molecule has 94 valence electrons. The Balaban J connectivity index is 2.18. The molecule has 2 nitrogen and oxygen atoms in total. The van der Waals surface area contributed by atoms with Crippen molar-refractivity contribution < 1.29 is 4.79 Å². The van der Waals surface area contributed by atoms with Crippen molar-refractivity contribution in [2.45, 2.75) is 13.3 Å². The lowest BCUT2D eigenvalue weighted by Gasteiger charge is -2.07. The van der Waals surface area contributed by atoms with Gasteiger partial charge in [-0.05, 0) is 46.6 Å². The average molecular weight is 345 g/mol. The Bertz CT molecular complexity index is 582. The molecule has 0 saturated heterocycles. The minimum atomic E-state index is -0.109. The molecule has 0 spiro atoms. The van der Waals surface area contributed by atoms with Gasteiger partial charge in [0.25, 0.3) is 5.91 Å². The lowest BCUT2D eigenvalue weighted by Crippen LogP contribution is -2.10. The summed E-state index contributed by atoms with van der Waals surface area (Å²) in [6.07, 6.45) is 0.943. The van der Waals surface area contributed by atoms with Crippen LogP contribution in [-0.4, -0.2) is 5.91 Å². The second-order valence-corrected chi connectivity index (χ2v) is 6.04. The topological polar surface area (TPSA) is 29.1 Å². The molecule has 0 aliphatic heterocycles. The van der Waals surface area contributed by atoms with Gasteiger partial charge in [0.05, 0.1) is 20.1 Å². The highest BCUT2D eigenvalue weighted by atomic mass is 79.9. The maximum Gasteiger partial charge on any atom is 0.265 e. The number of carbonyl (C=O) groups excluding carboxylic acids is 1. The van der Waals surface area contributed by atoms with Crippen LogP contribution in [0.25, 0.3) is 0 Å². The molecule has 0 atom stereocenters. The predicted octanol–water partition coefficient (Wildman–Crippen LogP) is 4.98. The molecule has 1 amide bonds. The Morgan fingerprint density at radius 3 is 2.83 bits per heavy atom. The fraction of sp³-hybridized carbons (Fsp3) is 0.154. The molecule has 0 bridgehead atoms. The van der Waals surface area contributed by atoms with E-state index >= 15 is 0 Å². The SMILES string of the molecule is CCc1ccc(C(=O)Nc2cccc(Cl)c2Br)s1. The lowest BCUT2D eigenvalue weighted by molar-refractivity contribution is 0.103. The van der Waals surface area contributed by atoms with Crippen molar-refractivity contribution in [3.63, 3.8) is 0 Å². The molecule has 2 aromatic rings. The summed E-state index contributed by atoms with van der Waals surface area (Å²) < 4.78 is 0.701. The summed E-state index contributed by atoms with van der Waals surface area (Å²) in [6.45, 7) is 2.07. The Labute approximate surface area is 123 Å². The first-order valence-corrected chi connectivity index (χ1v) is 7.44. The number of amides is 1. The number of nitrogens with one attached hydrogen (secondary N) is 1. The maximum absolute atomic E-state index is 12.0. The minimum Gasteiger partial charge on any atom is -0.320 e. The first-order valence-electron chi connectivity index (χ1n) is 5.46. The summed E-state index contributed by atoms with van der Waals surface area (Å²) in [7, 11) is 0. The predicted molar refractivity (Wildman–Crippen MR) is 80.8 cm³/mol. The highest BCUT2D eigenvalue weighted by Gasteiger charge is 2.11. The second kappa shape index (κ2) is 5.87. The van der Waals surface area contributed by atoms with E-state index in [4.69, 9.17) is 11.6 Å². The van der Waals surface area contributed by atoms with Gasteiger partial charge in [0.1, 0.15) is 0 Å². The first-order chi connectivity index (χ1) is 8.61. The quantitative estimate of drug-likeness (QED) is 0.836. The monoisotopic (exact) mass is 343 g/mol. The van der Waals surface area contributed by atoms with Crippen LogP contribution >= 0.6 is 38.9 Å². The zero-order valence-electron chi connectivity index (χ0n) is 9.67. The molecule has 0 aliphatic carbocycles. The van der Waals surface area contributed by atoms with Crippen LogP contribution in [0.3, 0.4) is 0 Å². The van der Waals surface area contributed by atoms with Crippen LogP contribution in [0.15, 0.2) is 34.8 Å². The summed E-state index contributed by atoms with van der Waals surface area (Å²) in [5.41, 5.74) is 0.680. The summed E-state index contributed by atoms with van der Waals surface area (Å²) >= 11 is 10.8. The van der Waals surface area contributed by atoms with E-state index < -0.39 is 0 Å². The molecule has 5 heteroatoms. The number of halogens is 2. The van der Waals surface area contributed by atoms with Gasteiger partial charge < -0.3 is 5.32 Å². The van der Waals surface area contributed by atoms with Crippen molar-refractivity contribution >= 4 is 50.5 Å². The van der Waals surface area contributed by atoms with E-state index in [1.165, 1.54) is 16.2 Å². The largest absolute Gasteiger partial charge is 0.320 e. The van der Waals surface area contributed by atoms with Gasteiger partial charge in [-0.15, -0.1) is 11.3 Å². The van der Waals surface area contributed by atoms with Gasteiger partial charge in [-0.1, -0.05) is 24.6 Å². The summed E-state index contributed by atoms with van der Waals surface area (Å²) in [6, 6.07) is 9.20. The molecule has 2 rings (SSSR count). The molecule has 0 aliphatic rings. The maximum atomic E-state index is 12.0. The number of carbonyl (C=O) groups is 1. The third-order valence-electron chi connectivity index (χ3n) is 2.43. The van der Waals surface area contributed by atoms with Gasteiger partial charge in [-0.3, -0.25) is 4.79 Å². The van der Waals surface area contributed by atoms with Crippen molar-refractivity contribution in [2.75, 3.05) is 5.32 Å². The normalized spacial score (nSPS) is 10.4. The molecule has 1 aromatic heterocycles. The lowest BCUT2D eigenvalue weighted by atomic mass is 10.3. The first kappa shape index (κ1) is 13.6. The summed E-state index contributed by atoms with van der Waals surface area (Å²) in [4.78, 5) is 13.9. The standard InChI is InChI=1S/C13H11BrClNOS/c1-2-8-6-7-11(18-8)13(17)16-10-5-3-4-9(15)12(10)14/h3-7H,2H2,1H3,(H,16,17). The van der Waals surface area contributed by atoms with Crippen molar-refractivity contribution in [1.82, 2.24) is 0 Å². The average Bonchev–Trinajstić information content (AvgIpc) is 2.83. The van der Waals surface area contributed by atoms with Crippen molar-refractivity contribution in [3.05, 3.63) is 49.6 Å². The number of hydrogen-bond donors (Lipinski definition) is 1. The summed E-state index contributed by atoms with van der Waals surface area (Å²) in [5.74, 6) is -0.109. The molecule has 0 fully saturated rings. The van der Waals surface area contributed by atoms with Gasteiger partial charge in [0.2, 0.25) is 0 Å². The van der Waals surface area contributed by atoms with E-state index in [9.17, 15) is 4.79 Å². The van der Waals surface area contributed by atoms with Crippen LogP contribution in [0, 0.1) is 0 Å². The highest BCUT2D eigenvalue weighted by molar-refractivity contribution is 9.10. The van der Waals surface area contributed by atoms with Gasteiger partial charge in [-0.25, -0.2) is 0 Å². The van der Waals surface area contributed by atoms with E-state index in [0.29, 0.717) is 20.1 Å². The van der Waals surface area contributed by atoms with E-state index in [0.717, 1.165) is 6.42 Å². The Morgan fingerprint density at radius 2 is 2.17 bits per heavy atom. The summed E-state index contributed by atoms with van der Waals surface area (Å²) in [5, 5.41) is 3.42. The fourth-order valence-corrected chi connectivity index (χ4v) is 2.85. The van der Waals surface area contributed by atoms with Crippen LogP contribution in [0.5, 0.6) is 0 Å².